The number of fused-ring (bicyclic) bond motifs is 1. The Hall–Kier alpha value is -3.51. The fraction of sp³-hybridized carbons (Fsp3) is 0.0909. The number of hydrogen-bond donors (Lipinski definition) is 2. The van der Waals surface area contributed by atoms with Crippen LogP contribution >= 0.6 is 11.6 Å². The number of rotatable bonds is 4. The van der Waals surface area contributed by atoms with Gasteiger partial charge in [0.1, 0.15) is 22.7 Å². The highest BCUT2D eigenvalue weighted by atomic mass is 35.5. The second-order valence-corrected chi connectivity index (χ2v) is 6.93. The largest absolute Gasteiger partial charge is 0.508 e. The fourth-order valence-corrected chi connectivity index (χ4v) is 3.01. The molecule has 146 valence electrons. The van der Waals surface area contributed by atoms with Gasteiger partial charge in [-0.25, -0.2) is 4.99 Å². The van der Waals surface area contributed by atoms with Crippen LogP contribution in [0.25, 0.3) is 11.0 Å². The van der Waals surface area contributed by atoms with E-state index in [1.165, 1.54) is 12.1 Å². The van der Waals surface area contributed by atoms with Crippen molar-refractivity contribution in [3.05, 3.63) is 88.3 Å². The third kappa shape index (κ3) is 4.17. The molecule has 4 rings (SSSR count). The number of nitrogens with one attached hydrogen (secondary N) is 1. The van der Waals surface area contributed by atoms with Crippen LogP contribution in [0, 0.1) is 6.92 Å². The lowest BCUT2D eigenvalue weighted by molar-refractivity contribution is 0.0944. The van der Waals surface area contributed by atoms with Gasteiger partial charge >= 0.3 is 0 Å². The molecule has 7 heteroatoms. The Morgan fingerprint density at radius 1 is 1.17 bits per heavy atom. The van der Waals surface area contributed by atoms with Gasteiger partial charge in [0.05, 0.1) is 18.5 Å². The second-order valence-electron chi connectivity index (χ2n) is 6.49. The monoisotopic (exact) mass is 408 g/mol. The smallest absolute Gasteiger partial charge is 0.257 e. The van der Waals surface area contributed by atoms with E-state index in [1.807, 2.05) is 13.0 Å². The molecule has 29 heavy (non-hydrogen) atoms. The number of aromatic hydroxyl groups is 1. The van der Waals surface area contributed by atoms with Crippen molar-refractivity contribution in [2.24, 2.45) is 4.99 Å². The summed E-state index contributed by atoms with van der Waals surface area (Å²) in [5, 5.41) is 13.7. The standard InChI is InChI=1S/C22H17ClN2O4/c1-13-4-6-15(23)10-19(13)25-22-18(21(27)24-12-17-3-2-8-28-17)9-14-5-7-16(26)11-20(14)29-22/h2-11,26H,12H2,1H3,(H,24,27). The highest BCUT2D eigenvalue weighted by Gasteiger charge is 2.14. The van der Waals surface area contributed by atoms with Gasteiger partial charge in [-0.1, -0.05) is 17.7 Å². The number of furan rings is 1. The number of hydrogen-bond acceptors (Lipinski definition) is 5. The van der Waals surface area contributed by atoms with E-state index in [0.29, 0.717) is 27.4 Å². The van der Waals surface area contributed by atoms with E-state index in [1.54, 1.807) is 42.7 Å². The number of nitrogens with zero attached hydrogens (tertiary/aromatic N) is 1. The summed E-state index contributed by atoms with van der Waals surface area (Å²) in [6, 6.07) is 15.2. The van der Waals surface area contributed by atoms with Gasteiger partial charge in [0.25, 0.3) is 5.91 Å². The first-order valence-corrected chi connectivity index (χ1v) is 9.26. The average molecular weight is 409 g/mol. The van der Waals surface area contributed by atoms with Crippen molar-refractivity contribution in [3.8, 4) is 5.75 Å². The van der Waals surface area contributed by atoms with E-state index in [4.69, 9.17) is 20.4 Å². The number of carbonyl (C=O) groups is 1. The van der Waals surface area contributed by atoms with Crippen LogP contribution in [0.2, 0.25) is 5.02 Å². The zero-order valence-electron chi connectivity index (χ0n) is 15.5. The highest BCUT2D eigenvalue weighted by Crippen LogP contribution is 2.24. The lowest BCUT2D eigenvalue weighted by Crippen LogP contribution is -2.28. The third-order valence-corrected chi connectivity index (χ3v) is 4.61. The lowest BCUT2D eigenvalue weighted by Gasteiger charge is -2.07. The van der Waals surface area contributed by atoms with Gasteiger partial charge in [-0.15, -0.1) is 0 Å². The molecule has 0 spiro atoms. The molecule has 0 aliphatic carbocycles. The summed E-state index contributed by atoms with van der Waals surface area (Å²) in [6.07, 6.45) is 1.54. The molecular formula is C22H17ClN2O4. The molecule has 0 saturated heterocycles. The molecule has 0 aliphatic heterocycles. The van der Waals surface area contributed by atoms with E-state index in [0.717, 1.165) is 5.56 Å². The molecule has 0 fully saturated rings. The van der Waals surface area contributed by atoms with Crippen molar-refractivity contribution < 1.29 is 18.7 Å². The summed E-state index contributed by atoms with van der Waals surface area (Å²) < 4.78 is 11.1. The predicted octanol–water partition coefficient (Wildman–Crippen LogP) is 4.86. The molecule has 2 aromatic heterocycles. The average Bonchev–Trinajstić information content (AvgIpc) is 3.22. The van der Waals surface area contributed by atoms with Crippen molar-refractivity contribution in [2.45, 2.75) is 13.5 Å². The minimum absolute atomic E-state index is 0.0566. The van der Waals surface area contributed by atoms with Gasteiger partial charge in [-0.05, 0) is 55.0 Å². The molecule has 2 aromatic carbocycles. The zero-order valence-corrected chi connectivity index (χ0v) is 16.2. The SMILES string of the molecule is Cc1ccc(Cl)cc1N=c1oc2cc(O)ccc2cc1C(=O)NCc1ccco1. The molecule has 0 saturated carbocycles. The maximum absolute atomic E-state index is 12.9. The highest BCUT2D eigenvalue weighted by molar-refractivity contribution is 6.30. The molecule has 6 nitrogen and oxygen atoms in total. The molecule has 4 aromatic rings. The number of phenolic OH excluding ortho intramolecular Hbond substituents is 1. The maximum atomic E-state index is 12.9. The van der Waals surface area contributed by atoms with Crippen LogP contribution in [-0.2, 0) is 6.54 Å². The first-order chi connectivity index (χ1) is 14.0. The van der Waals surface area contributed by atoms with Crippen LogP contribution in [0.1, 0.15) is 21.7 Å². The van der Waals surface area contributed by atoms with Crippen LogP contribution in [-0.4, -0.2) is 11.0 Å². The first kappa shape index (κ1) is 18.8. The summed E-state index contributed by atoms with van der Waals surface area (Å²) >= 11 is 6.09. The summed E-state index contributed by atoms with van der Waals surface area (Å²) in [4.78, 5) is 17.4. The Balaban J connectivity index is 1.83. The Morgan fingerprint density at radius 2 is 2.03 bits per heavy atom. The van der Waals surface area contributed by atoms with Gasteiger partial charge in [0.15, 0.2) is 0 Å². The number of phenols is 1. The molecule has 1 amide bonds. The van der Waals surface area contributed by atoms with Crippen molar-refractivity contribution in [1.82, 2.24) is 5.32 Å². The maximum Gasteiger partial charge on any atom is 0.257 e. The molecule has 0 radical (unpaired) electrons. The van der Waals surface area contributed by atoms with Gasteiger partial charge in [0.2, 0.25) is 5.55 Å². The predicted molar refractivity (Wildman–Crippen MR) is 109 cm³/mol. The molecule has 0 atom stereocenters. The molecule has 2 N–H and O–H groups in total. The zero-order chi connectivity index (χ0) is 20.4. The second kappa shape index (κ2) is 7.85. The summed E-state index contributed by atoms with van der Waals surface area (Å²) in [5.74, 6) is 0.324. The molecule has 0 unspecified atom stereocenters. The van der Waals surface area contributed by atoms with Gasteiger partial charge in [-0.2, -0.15) is 0 Å². The van der Waals surface area contributed by atoms with E-state index >= 15 is 0 Å². The normalized spacial score (nSPS) is 11.7. The Labute approximate surface area is 171 Å². The minimum atomic E-state index is -0.362. The van der Waals surface area contributed by atoms with E-state index in [2.05, 4.69) is 10.3 Å². The number of benzene rings is 2. The lowest BCUT2D eigenvalue weighted by atomic mass is 10.1. The van der Waals surface area contributed by atoms with E-state index in [-0.39, 0.29) is 29.3 Å². The van der Waals surface area contributed by atoms with Gasteiger partial charge in [0, 0.05) is 16.5 Å². The van der Waals surface area contributed by atoms with Crippen molar-refractivity contribution >= 4 is 34.2 Å². The van der Waals surface area contributed by atoms with Crippen LogP contribution < -0.4 is 10.9 Å². The Morgan fingerprint density at radius 3 is 2.83 bits per heavy atom. The Bertz CT molecular complexity index is 1260. The third-order valence-electron chi connectivity index (χ3n) is 4.38. The summed E-state index contributed by atoms with van der Waals surface area (Å²) in [6.45, 7) is 2.12. The van der Waals surface area contributed by atoms with Crippen LogP contribution in [0.3, 0.4) is 0 Å². The molecule has 2 heterocycles. The van der Waals surface area contributed by atoms with E-state index in [9.17, 15) is 9.90 Å². The topological polar surface area (TPSA) is 88.0 Å². The van der Waals surface area contributed by atoms with Gasteiger partial charge < -0.3 is 19.3 Å². The number of carbonyl (C=O) groups excluding carboxylic acids is 1. The van der Waals surface area contributed by atoms with Crippen molar-refractivity contribution in [1.29, 1.82) is 0 Å². The number of aryl methyl sites for hydroxylation is 1. The first-order valence-electron chi connectivity index (χ1n) is 8.88. The molecular weight excluding hydrogens is 392 g/mol. The van der Waals surface area contributed by atoms with Crippen LogP contribution in [0.4, 0.5) is 5.69 Å². The Kier molecular flexibility index (Phi) is 5.10. The fourth-order valence-electron chi connectivity index (χ4n) is 2.84. The number of amides is 1. The van der Waals surface area contributed by atoms with Crippen LogP contribution in [0.15, 0.2) is 74.7 Å². The van der Waals surface area contributed by atoms with Crippen molar-refractivity contribution in [2.75, 3.05) is 0 Å². The number of halogens is 1. The van der Waals surface area contributed by atoms with Crippen molar-refractivity contribution in [3.63, 3.8) is 0 Å². The quantitative estimate of drug-likeness (QED) is 0.505. The summed E-state index contributed by atoms with van der Waals surface area (Å²) in [7, 11) is 0. The van der Waals surface area contributed by atoms with Gasteiger partial charge in [-0.3, -0.25) is 4.79 Å². The minimum Gasteiger partial charge on any atom is -0.508 e. The summed E-state index contributed by atoms with van der Waals surface area (Å²) in [5.41, 5.74) is 2.24. The van der Waals surface area contributed by atoms with E-state index < -0.39 is 0 Å². The van der Waals surface area contributed by atoms with Crippen LogP contribution in [0.5, 0.6) is 5.75 Å². The molecule has 0 bridgehead atoms. The molecule has 0 aliphatic rings.